The molecule has 0 saturated carbocycles. The predicted molar refractivity (Wildman–Crippen MR) is 242 cm³/mol. The molecule has 0 radical (unpaired) electrons. The molecule has 0 aliphatic rings. The van der Waals surface area contributed by atoms with Crippen LogP contribution in [0.5, 0.6) is 0 Å². The Morgan fingerprint density at radius 1 is 0.321 bits per heavy atom. The first-order valence-electron chi connectivity index (χ1n) is 24.1. The highest BCUT2D eigenvalue weighted by Gasteiger charge is 2.26. The van der Waals surface area contributed by atoms with E-state index in [2.05, 4.69) is 87.6 Å². The zero-order valence-electron chi connectivity index (χ0n) is 36.5. The highest BCUT2D eigenvalue weighted by Crippen LogP contribution is 2.22. The summed E-state index contributed by atoms with van der Waals surface area (Å²) in [7, 11) is 0. The molecule has 0 saturated heterocycles. The average molecular weight is 733 g/mol. The van der Waals surface area contributed by atoms with Gasteiger partial charge in [0.25, 0.3) is 0 Å². The van der Waals surface area contributed by atoms with E-state index in [0.29, 0.717) is 0 Å². The van der Waals surface area contributed by atoms with Crippen LogP contribution in [0.2, 0.25) is 0 Å². The van der Waals surface area contributed by atoms with E-state index in [1.165, 1.54) is 243 Å². The zero-order valence-corrected chi connectivity index (χ0v) is 36.5. The van der Waals surface area contributed by atoms with E-state index in [-0.39, 0.29) is 0 Å². The summed E-state index contributed by atoms with van der Waals surface area (Å²) >= 11 is 0. The number of benzene rings is 1. The summed E-state index contributed by atoms with van der Waals surface area (Å²) in [4.78, 5) is 0. The minimum Gasteiger partial charge on any atom is -0.320 e. The largest absolute Gasteiger partial charge is 0.320 e. The Balaban J connectivity index is 2.60. The summed E-state index contributed by atoms with van der Waals surface area (Å²) in [5.74, 6) is 0. The van der Waals surface area contributed by atoms with Crippen LogP contribution in [-0.2, 0) is 6.54 Å². The number of nitrogens with zero attached hydrogens (tertiary/aromatic N) is 1. The maximum absolute atomic E-state index is 2.49. The van der Waals surface area contributed by atoms with Gasteiger partial charge in [-0.1, -0.05) is 184 Å². The van der Waals surface area contributed by atoms with Gasteiger partial charge in [-0.15, -0.1) is 0 Å². The topological polar surface area (TPSA) is 0 Å². The van der Waals surface area contributed by atoms with E-state index < -0.39 is 0 Å². The van der Waals surface area contributed by atoms with Crippen LogP contribution >= 0.6 is 0 Å². The number of hydrogen-bond acceptors (Lipinski definition) is 0. The molecule has 0 unspecified atom stereocenters. The van der Waals surface area contributed by atoms with Gasteiger partial charge >= 0.3 is 0 Å². The molecule has 0 atom stereocenters. The first-order chi connectivity index (χ1) is 26.3. The Labute approximate surface area is 334 Å². The summed E-state index contributed by atoms with van der Waals surface area (Å²) in [6.07, 6.45) is 60.1. The summed E-state index contributed by atoms with van der Waals surface area (Å²) in [6.45, 7) is 12.2. The van der Waals surface area contributed by atoms with E-state index in [1.54, 1.807) is 5.56 Å². The molecule has 0 aromatic heterocycles. The highest BCUT2D eigenvalue weighted by molar-refractivity contribution is 5.13. The highest BCUT2D eigenvalue weighted by atomic mass is 15.3. The quantitative estimate of drug-likeness (QED) is 0.0357. The molecule has 0 aliphatic heterocycles. The maximum atomic E-state index is 2.49. The van der Waals surface area contributed by atoms with Gasteiger partial charge in [-0.3, -0.25) is 0 Å². The molecule has 306 valence electrons. The van der Waals surface area contributed by atoms with Crippen molar-refractivity contribution in [2.75, 3.05) is 19.6 Å². The van der Waals surface area contributed by atoms with Crippen LogP contribution in [0.25, 0.3) is 0 Å². The Morgan fingerprint density at radius 3 is 0.887 bits per heavy atom. The SMILES string of the molecule is CCCCCCCC/C=C/CCCCC[N+](CCCCC/C=C/CCCCCCCC)(CCCCC/C=C/CCCCCCCC)Cc1ccccc1. The minimum atomic E-state index is 1.22. The summed E-state index contributed by atoms with van der Waals surface area (Å²) in [5.41, 5.74) is 1.54. The van der Waals surface area contributed by atoms with Gasteiger partial charge in [0.1, 0.15) is 6.54 Å². The van der Waals surface area contributed by atoms with Crippen LogP contribution in [0.15, 0.2) is 66.8 Å². The third-order valence-electron chi connectivity index (χ3n) is 11.5. The Kier molecular flexibility index (Phi) is 37.4. The van der Waals surface area contributed by atoms with Gasteiger partial charge in [0, 0.05) is 5.56 Å². The Bertz CT molecular complexity index is 837. The lowest BCUT2D eigenvalue weighted by molar-refractivity contribution is -0.941. The van der Waals surface area contributed by atoms with Gasteiger partial charge in [0.2, 0.25) is 0 Å². The number of unbranched alkanes of at least 4 members (excludes halogenated alkanes) is 27. The van der Waals surface area contributed by atoms with Crippen molar-refractivity contribution >= 4 is 0 Å². The molecule has 0 heterocycles. The Hall–Kier alpha value is -1.60. The van der Waals surface area contributed by atoms with Gasteiger partial charge in [0.15, 0.2) is 0 Å². The molecule has 0 amide bonds. The van der Waals surface area contributed by atoms with Crippen molar-refractivity contribution in [3.63, 3.8) is 0 Å². The van der Waals surface area contributed by atoms with Crippen molar-refractivity contribution < 1.29 is 4.48 Å². The molecule has 1 rings (SSSR count). The summed E-state index contributed by atoms with van der Waals surface area (Å²) in [5, 5.41) is 0. The molecule has 53 heavy (non-hydrogen) atoms. The Morgan fingerprint density at radius 2 is 0.585 bits per heavy atom. The van der Waals surface area contributed by atoms with Crippen LogP contribution in [0.1, 0.15) is 238 Å². The standard InChI is InChI=1S/C52H94N/c1-4-7-10-13-16-19-22-25-28-31-34-37-43-48-53(51-52-46-41-40-42-47-52,49-44-38-35-32-29-26-23-20-17-14-11-8-5-2)50-45-39-36-33-30-27-24-21-18-15-12-9-6-3/h25-30,40-42,46-47H,4-24,31-39,43-45,48-51H2,1-3H3/q+1/b28-25+,29-26+,30-27+. The van der Waals surface area contributed by atoms with Crippen molar-refractivity contribution in [1.82, 2.24) is 0 Å². The molecule has 1 nitrogen and oxygen atoms in total. The molecule has 1 heteroatoms. The third-order valence-corrected chi connectivity index (χ3v) is 11.5. The van der Waals surface area contributed by atoms with E-state index in [9.17, 15) is 0 Å². The van der Waals surface area contributed by atoms with Crippen LogP contribution in [0.3, 0.4) is 0 Å². The molecule has 1 aromatic carbocycles. The average Bonchev–Trinajstić information content (AvgIpc) is 3.17. The third kappa shape index (κ3) is 33.5. The fourth-order valence-electron chi connectivity index (χ4n) is 8.04. The molecule has 0 bridgehead atoms. The summed E-state index contributed by atoms with van der Waals surface area (Å²) in [6, 6.07) is 11.5. The lowest BCUT2D eigenvalue weighted by Gasteiger charge is -2.39. The number of allylic oxidation sites excluding steroid dienone is 6. The van der Waals surface area contributed by atoms with Gasteiger partial charge in [-0.05, 0) is 116 Å². The molecule has 0 aliphatic carbocycles. The van der Waals surface area contributed by atoms with Crippen LogP contribution in [0, 0.1) is 0 Å². The number of rotatable bonds is 41. The fraction of sp³-hybridized carbons (Fsp3) is 0.769. The second-order valence-electron chi connectivity index (χ2n) is 16.8. The first kappa shape index (κ1) is 49.4. The molecule has 0 spiro atoms. The van der Waals surface area contributed by atoms with Crippen molar-refractivity contribution in [1.29, 1.82) is 0 Å². The molecular formula is C52H94N+. The van der Waals surface area contributed by atoms with Gasteiger partial charge < -0.3 is 4.48 Å². The summed E-state index contributed by atoms with van der Waals surface area (Å²) < 4.78 is 1.31. The van der Waals surface area contributed by atoms with Crippen LogP contribution in [-0.4, -0.2) is 24.1 Å². The van der Waals surface area contributed by atoms with Crippen LogP contribution in [0.4, 0.5) is 0 Å². The van der Waals surface area contributed by atoms with E-state index in [0.717, 1.165) is 0 Å². The second-order valence-corrected chi connectivity index (χ2v) is 16.8. The van der Waals surface area contributed by atoms with Crippen molar-refractivity contribution in [2.45, 2.75) is 239 Å². The molecule has 1 aromatic rings. The first-order valence-corrected chi connectivity index (χ1v) is 24.1. The molecule has 0 fully saturated rings. The predicted octanol–water partition coefficient (Wildman–Crippen LogP) is 17.6. The zero-order chi connectivity index (χ0) is 38.0. The van der Waals surface area contributed by atoms with E-state index >= 15 is 0 Å². The smallest absolute Gasteiger partial charge is 0.104 e. The normalized spacial score (nSPS) is 12.4. The van der Waals surface area contributed by atoms with Crippen molar-refractivity contribution in [2.24, 2.45) is 0 Å². The van der Waals surface area contributed by atoms with Crippen molar-refractivity contribution in [3.05, 3.63) is 72.4 Å². The van der Waals surface area contributed by atoms with Gasteiger partial charge in [0.05, 0.1) is 19.6 Å². The number of hydrogen-bond donors (Lipinski definition) is 0. The fourth-order valence-corrected chi connectivity index (χ4v) is 8.04. The lowest BCUT2D eigenvalue weighted by Crippen LogP contribution is -2.49. The molecular weight excluding hydrogens is 639 g/mol. The molecule has 0 N–H and O–H groups in total. The van der Waals surface area contributed by atoms with Gasteiger partial charge in [-0.25, -0.2) is 0 Å². The monoisotopic (exact) mass is 733 g/mol. The minimum absolute atomic E-state index is 1.22. The number of quaternary nitrogens is 1. The lowest BCUT2D eigenvalue weighted by atomic mass is 10.1. The maximum Gasteiger partial charge on any atom is 0.104 e. The van der Waals surface area contributed by atoms with Gasteiger partial charge in [-0.2, -0.15) is 0 Å². The second kappa shape index (κ2) is 40.1. The van der Waals surface area contributed by atoms with E-state index in [1.807, 2.05) is 0 Å². The van der Waals surface area contributed by atoms with E-state index in [4.69, 9.17) is 0 Å². The van der Waals surface area contributed by atoms with Crippen LogP contribution < -0.4 is 0 Å². The van der Waals surface area contributed by atoms with Crippen molar-refractivity contribution in [3.8, 4) is 0 Å².